The van der Waals surface area contributed by atoms with Crippen LogP contribution in [0, 0.1) is 12.3 Å². The van der Waals surface area contributed by atoms with Crippen LogP contribution in [0.2, 0.25) is 0 Å². The average molecular weight is 169 g/mol. The molecule has 0 aliphatic heterocycles. The maximum absolute atomic E-state index is 10.9. The van der Waals surface area contributed by atoms with Gasteiger partial charge in [0.2, 0.25) is 0 Å². The second-order valence-corrected chi connectivity index (χ2v) is 2.52. The van der Waals surface area contributed by atoms with Gasteiger partial charge in [0.05, 0.1) is 12.6 Å². The van der Waals surface area contributed by atoms with Crippen molar-refractivity contribution in [3.8, 4) is 12.3 Å². The van der Waals surface area contributed by atoms with Crippen LogP contribution < -0.4 is 5.32 Å². The monoisotopic (exact) mass is 169 g/mol. The van der Waals surface area contributed by atoms with Crippen LogP contribution in [0.15, 0.2) is 0 Å². The van der Waals surface area contributed by atoms with Gasteiger partial charge in [0.15, 0.2) is 0 Å². The molecule has 1 atom stereocenters. The van der Waals surface area contributed by atoms with Gasteiger partial charge in [-0.05, 0) is 13.3 Å². The Balaban J connectivity index is 3.41. The van der Waals surface area contributed by atoms with E-state index in [0.717, 1.165) is 12.8 Å². The standard InChI is InChI=1S/C9H15NO2/c1-4-6-7-12-9(11)10-8(3)5-2/h2,8H,4,6-7H2,1,3H3,(H,10,11). The number of rotatable bonds is 4. The maximum atomic E-state index is 10.9. The molecule has 0 aliphatic carbocycles. The van der Waals surface area contributed by atoms with Crippen molar-refractivity contribution in [3.63, 3.8) is 0 Å². The zero-order valence-corrected chi connectivity index (χ0v) is 7.59. The van der Waals surface area contributed by atoms with Crippen LogP contribution in [0.5, 0.6) is 0 Å². The Labute approximate surface area is 73.5 Å². The van der Waals surface area contributed by atoms with E-state index < -0.39 is 6.09 Å². The fourth-order valence-corrected chi connectivity index (χ4v) is 0.569. The largest absolute Gasteiger partial charge is 0.450 e. The lowest BCUT2D eigenvalue weighted by Crippen LogP contribution is -2.32. The van der Waals surface area contributed by atoms with Gasteiger partial charge < -0.3 is 10.1 Å². The van der Waals surface area contributed by atoms with Gasteiger partial charge in [0.25, 0.3) is 0 Å². The predicted octanol–water partition coefficient (Wildman–Crippen LogP) is 1.53. The Morgan fingerprint density at radius 1 is 1.75 bits per heavy atom. The highest BCUT2D eigenvalue weighted by Gasteiger charge is 2.03. The van der Waals surface area contributed by atoms with Gasteiger partial charge >= 0.3 is 6.09 Å². The van der Waals surface area contributed by atoms with Gasteiger partial charge in [-0.1, -0.05) is 19.3 Å². The lowest BCUT2D eigenvalue weighted by atomic mass is 10.4. The number of carbonyl (C=O) groups excluding carboxylic acids is 1. The predicted molar refractivity (Wildman–Crippen MR) is 47.7 cm³/mol. The molecule has 0 saturated carbocycles. The van der Waals surface area contributed by atoms with Crippen LogP contribution in [-0.4, -0.2) is 18.7 Å². The van der Waals surface area contributed by atoms with E-state index >= 15 is 0 Å². The molecule has 0 bridgehead atoms. The van der Waals surface area contributed by atoms with E-state index in [1.807, 2.05) is 6.92 Å². The van der Waals surface area contributed by atoms with Crippen molar-refractivity contribution in [1.82, 2.24) is 5.32 Å². The summed E-state index contributed by atoms with van der Waals surface area (Å²) in [5.74, 6) is 2.37. The molecule has 0 rings (SSSR count). The van der Waals surface area contributed by atoms with E-state index in [2.05, 4.69) is 11.2 Å². The lowest BCUT2D eigenvalue weighted by molar-refractivity contribution is 0.143. The highest BCUT2D eigenvalue weighted by molar-refractivity contribution is 5.67. The SMILES string of the molecule is C#CC(C)NC(=O)OCCCC. The van der Waals surface area contributed by atoms with Crippen LogP contribution >= 0.6 is 0 Å². The second kappa shape index (κ2) is 6.53. The van der Waals surface area contributed by atoms with Gasteiger partial charge in [-0.15, -0.1) is 6.42 Å². The van der Waals surface area contributed by atoms with Crippen LogP contribution in [0.1, 0.15) is 26.7 Å². The summed E-state index contributed by atoms with van der Waals surface area (Å²) < 4.78 is 4.81. The highest BCUT2D eigenvalue weighted by atomic mass is 16.5. The zero-order valence-electron chi connectivity index (χ0n) is 7.59. The van der Waals surface area contributed by atoms with Gasteiger partial charge in [-0.3, -0.25) is 0 Å². The number of ether oxygens (including phenoxy) is 1. The highest BCUT2D eigenvalue weighted by Crippen LogP contribution is 1.89. The summed E-state index contributed by atoms with van der Waals surface area (Å²) in [4.78, 5) is 10.9. The molecule has 1 unspecified atom stereocenters. The normalized spacial score (nSPS) is 11.4. The Morgan fingerprint density at radius 3 is 2.92 bits per heavy atom. The third-order valence-corrected chi connectivity index (χ3v) is 1.32. The maximum Gasteiger partial charge on any atom is 0.408 e. The number of unbranched alkanes of at least 4 members (excludes halogenated alkanes) is 1. The number of nitrogens with one attached hydrogen (secondary N) is 1. The van der Waals surface area contributed by atoms with Crippen molar-refractivity contribution >= 4 is 6.09 Å². The van der Waals surface area contributed by atoms with Crippen molar-refractivity contribution in [3.05, 3.63) is 0 Å². The average Bonchev–Trinajstić information content (AvgIpc) is 2.05. The number of hydrogen-bond acceptors (Lipinski definition) is 2. The Kier molecular flexibility index (Phi) is 5.90. The molecule has 0 aliphatic rings. The van der Waals surface area contributed by atoms with E-state index in [4.69, 9.17) is 11.2 Å². The van der Waals surface area contributed by atoms with Gasteiger partial charge in [0, 0.05) is 0 Å². The number of amides is 1. The van der Waals surface area contributed by atoms with Crippen LogP contribution in [0.4, 0.5) is 4.79 Å². The molecular weight excluding hydrogens is 154 g/mol. The molecule has 1 N–H and O–H groups in total. The molecule has 68 valence electrons. The van der Waals surface area contributed by atoms with Crippen molar-refractivity contribution in [2.75, 3.05) is 6.61 Å². The molecule has 12 heavy (non-hydrogen) atoms. The van der Waals surface area contributed by atoms with E-state index in [0.29, 0.717) is 6.61 Å². The summed E-state index contributed by atoms with van der Waals surface area (Å²) in [5, 5.41) is 2.49. The van der Waals surface area contributed by atoms with Gasteiger partial charge in [-0.25, -0.2) is 4.79 Å². The van der Waals surface area contributed by atoms with Crippen molar-refractivity contribution in [1.29, 1.82) is 0 Å². The minimum Gasteiger partial charge on any atom is -0.450 e. The van der Waals surface area contributed by atoms with Crippen molar-refractivity contribution in [2.24, 2.45) is 0 Å². The molecule has 0 heterocycles. The third-order valence-electron chi connectivity index (χ3n) is 1.32. The quantitative estimate of drug-likeness (QED) is 0.512. The minimum atomic E-state index is -0.436. The molecule has 0 spiro atoms. The first-order valence-electron chi connectivity index (χ1n) is 4.10. The van der Waals surface area contributed by atoms with Crippen molar-refractivity contribution in [2.45, 2.75) is 32.7 Å². The van der Waals surface area contributed by atoms with E-state index in [1.165, 1.54) is 0 Å². The molecule has 0 radical (unpaired) electrons. The molecule has 0 aromatic heterocycles. The number of hydrogen-bond donors (Lipinski definition) is 1. The molecule has 3 heteroatoms. The topological polar surface area (TPSA) is 38.3 Å². The Hall–Kier alpha value is -1.17. The summed E-state index contributed by atoms with van der Waals surface area (Å²) in [6.45, 7) is 4.21. The fraction of sp³-hybridized carbons (Fsp3) is 0.667. The van der Waals surface area contributed by atoms with Crippen LogP contribution in [0.3, 0.4) is 0 Å². The molecule has 0 aromatic rings. The van der Waals surface area contributed by atoms with Crippen LogP contribution in [-0.2, 0) is 4.74 Å². The number of carbonyl (C=O) groups is 1. The van der Waals surface area contributed by atoms with Crippen LogP contribution in [0.25, 0.3) is 0 Å². The summed E-state index contributed by atoms with van der Waals surface area (Å²) in [5.41, 5.74) is 0. The summed E-state index contributed by atoms with van der Waals surface area (Å²) in [6, 6.07) is -0.265. The molecule has 0 aromatic carbocycles. The summed E-state index contributed by atoms with van der Waals surface area (Å²) >= 11 is 0. The van der Waals surface area contributed by atoms with E-state index in [9.17, 15) is 4.79 Å². The van der Waals surface area contributed by atoms with E-state index in [1.54, 1.807) is 6.92 Å². The first-order chi connectivity index (χ1) is 5.70. The number of alkyl carbamates (subject to hydrolysis) is 1. The summed E-state index contributed by atoms with van der Waals surface area (Å²) in [6.07, 6.45) is 6.52. The molecule has 0 saturated heterocycles. The fourth-order valence-electron chi connectivity index (χ4n) is 0.569. The zero-order chi connectivity index (χ0) is 9.40. The molecule has 0 fully saturated rings. The van der Waals surface area contributed by atoms with Gasteiger partial charge in [0.1, 0.15) is 0 Å². The minimum absolute atomic E-state index is 0.265. The van der Waals surface area contributed by atoms with Crippen molar-refractivity contribution < 1.29 is 9.53 Å². The first-order valence-corrected chi connectivity index (χ1v) is 4.10. The van der Waals surface area contributed by atoms with E-state index in [-0.39, 0.29) is 6.04 Å². The molecule has 1 amide bonds. The molecule has 3 nitrogen and oxygen atoms in total. The number of terminal acetylenes is 1. The first kappa shape index (κ1) is 10.8. The smallest absolute Gasteiger partial charge is 0.408 e. The third kappa shape index (κ3) is 5.60. The van der Waals surface area contributed by atoms with Gasteiger partial charge in [-0.2, -0.15) is 0 Å². The Bertz CT molecular complexity index is 172. The lowest BCUT2D eigenvalue weighted by Gasteiger charge is -2.07. The Morgan fingerprint density at radius 2 is 2.42 bits per heavy atom. The summed E-state index contributed by atoms with van der Waals surface area (Å²) in [7, 11) is 0. The second-order valence-electron chi connectivity index (χ2n) is 2.52. The molecular formula is C9H15NO2.